The lowest BCUT2D eigenvalue weighted by molar-refractivity contribution is 0.120. The second-order valence-corrected chi connectivity index (χ2v) is 7.29. The number of guanidine groups is 1. The topological polar surface area (TPSA) is 42.9 Å². The molecule has 7 heteroatoms. The van der Waals surface area contributed by atoms with Crippen molar-refractivity contribution in [1.82, 2.24) is 20.4 Å². The molecule has 0 aliphatic carbocycles. The summed E-state index contributed by atoms with van der Waals surface area (Å²) < 4.78 is 0. The number of hydrogen-bond acceptors (Lipinski definition) is 4. The Bertz CT molecular complexity index is 497. The first-order chi connectivity index (χ1) is 11.1. The van der Waals surface area contributed by atoms with Crippen LogP contribution in [-0.4, -0.2) is 68.1 Å². The molecule has 0 radical (unpaired) electrons. The fourth-order valence-electron chi connectivity index (χ4n) is 2.69. The normalized spacial score (nSPS) is 18.1. The van der Waals surface area contributed by atoms with Crippen LogP contribution in [0.5, 0.6) is 0 Å². The number of hydrogen-bond donors (Lipinski definition) is 2. The first-order valence-electron chi connectivity index (χ1n) is 8.58. The third kappa shape index (κ3) is 6.85. The predicted molar refractivity (Wildman–Crippen MR) is 116 cm³/mol. The number of aliphatic imine (C=N–C) groups is 1. The van der Waals surface area contributed by atoms with Gasteiger partial charge < -0.3 is 15.5 Å². The van der Waals surface area contributed by atoms with Gasteiger partial charge in [-0.2, -0.15) is 0 Å². The van der Waals surface area contributed by atoms with Crippen LogP contribution in [0.4, 0.5) is 0 Å². The summed E-state index contributed by atoms with van der Waals surface area (Å²) in [6.07, 6.45) is 0. The van der Waals surface area contributed by atoms with E-state index in [1.165, 1.54) is 10.4 Å². The molecular formula is C17H32IN5S. The van der Waals surface area contributed by atoms with E-state index in [2.05, 4.69) is 59.7 Å². The summed E-state index contributed by atoms with van der Waals surface area (Å²) in [4.78, 5) is 11.0. The van der Waals surface area contributed by atoms with Gasteiger partial charge in [0.15, 0.2) is 5.96 Å². The van der Waals surface area contributed by atoms with E-state index in [1.807, 2.05) is 0 Å². The molecule has 0 spiro atoms. The maximum absolute atomic E-state index is 4.72. The van der Waals surface area contributed by atoms with Gasteiger partial charge in [-0.1, -0.05) is 0 Å². The zero-order valence-electron chi connectivity index (χ0n) is 15.3. The number of halogens is 1. The van der Waals surface area contributed by atoms with Crippen LogP contribution in [0.25, 0.3) is 0 Å². The van der Waals surface area contributed by atoms with Gasteiger partial charge >= 0.3 is 0 Å². The molecule has 2 heterocycles. The molecule has 2 N–H and O–H groups in total. The van der Waals surface area contributed by atoms with Crippen LogP contribution < -0.4 is 10.6 Å². The summed E-state index contributed by atoms with van der Waals surface area (Å²) in [5, 5.41) is 8.98. The summed E-state index contributed by atoms with van der Waals surface area (Å²) in [5.41, 5.74) is 1.33. The molecule has 0 bridgehead atoms. The Labute approximate surface area is 167 Å². The van der Waals surface area contributed by atoms with Crippen molar-refractivity contribution in [2.75, 3.05) is 46.3 Å². The highest BCUT2D eigenvalue weighted by Gasteiger charge is 2.19. The van der Waals surface area contributed by atoms with Crippen molar-refractivity contribution in [1.29, 1.82) is 0 Å². The molecule has 1 aromatic heterocycles. The fraction of sp³-hybridized carbons (Fsp3) is 0.706. The van der Waals surface area contributed by atoms with E-state index in [-0.39, 0.29) is 24.0 Å². The molecule has 0 saturated carbocycles. The Morgan fingerprint density at radius 2 is 2.00 bits per heavy atom. The molecule has 0 aromatic carbocycles. The Kier molecular flexibility index (Phi) is 10.2. The fourth-order valence-corrected chi connectivity index (χ4v) is 3.52. The van der Waals surface area contributed by atoms with E-state index in [1.54, 1.807) is 11.3 Å². The zero-order chi connectivity index (χ0) is 16.7. The van der Waals surface area contributed by atoms with E-state index in [0.29, 0.717) is 6.04 Å². The van der Waals surface area contributed by atoms with Crippen molar-refractivity contribution >= 4 is 41.3 Å². The van der Waals surface area contributed by atoms with Crippen LogP contribution in [0.3, 0.4) is 0 Å². The molecule has 1 aliphatic rings. The first kappa shape index (κ1) is 21.7. The van der Waals surface area contributed by atoms with E-state index in [9.17, 15) is 0 Å². The highest BCUT2D eigenvalue weighted by atomic mass is 127. The standard InChI is InChI=1S/C17H31N5S.HI/c1-5-18-17(20-13-16-14(2)6-11-23-16)19-12-15(3)22-9-7-21(4)8-10-22;/h6,11,15H,5,7-10,12-13H2,1-4H3,(H2,18,19,20);1H. The maximum Gasteiger partial charge on any atom is 0.191 e. The quantitative estimate of drug-likeness (QED) is 0.385. The highest BCUT2D eigenvalue weighted by molar-refractivity contribution is 14.0. The van der Waals surface area contributed by atoms with Gasteiger partial charge in [-0.25, -0.2) is 4.99 Å². The Hall–Kier alpha value is -0.380. The van der Waals surface area contributed by atoms with Gasteiger partial charge in [0.05, 0.1) is 6.54 Å². The largest absolute Gasteiger partial charge is 0.357 e. The number of nitrogens with zero attached hydrogens (tertiary/aromatic N) is 3. The zero-order valence-corrected chi connectivity index (χ0v) is 18.5. The molecule has 0 amide bonds. The number of piperazine rings is 1. The van der Waals surface area contributed by atoms with Gasteiger partial charge in [-0.05, 0) is 44.8 Å². The molecule has 1 fully saturated rings. The minimum atomic E-state index is 0. The van der Waals surface area contributed by atoms with Crippen molar-refractivity contribution in [3.8, 4) is 0 Å². The van der Waals surface area contributed by atoms with Gasteiger partial charge in [0.1, 0.15) is 0 Å². The Morgan fingerprint density at radius 3 is 2.58 bits per heavy atom. The predicted octanol–water partition coefficient (Wildman–Crippen LogP) is 2.37. The summed E-state index contributed by atoms with van der Waals surface area (Å²) in [7, 11) is 2.20. The first-order valence-corrected chi connectivity index (χ1v) is 9.46. The van der Waals surface area contributed by atoms with Crippen LogP contribution in [0.1, 0.15) is 24.3 Å². The molecule has 2 rings (SSSR count). The van der Waals surface area contributed by atoms with Crippen molar-refractivity contribution in [2.24, 2.45) is 4.99 Å². The second kappa shape index (κ2) is 11.3. The molecule has 1 aliphatic heterocycles. The molecule has 24 heavy (non-hydrogen) atoms. The van der Waals surface area contributed by atoms with Crippen LogP contribution in [-0.2, 0) is 6.54 Å². The third-order valence-electron chi connectivity index (χ3n) is 4.42. The van der Waals surface area contributed by atoms with Crippen molar-refractivity contribution in [2.45, 2.75) is 33.4 Å². The lowest BCUT2D eigenvalue weighted by Crippen LogP contribution is -2.52. The van der Waals surface area contributed by atoms with E-state index < -0.39 is 0 Å². The maximum atomic E-state index is 4.72. The van der Waals surface area contributed by atoms with E-state index in [0.717, 1.165) is 51.8 Å². The molecule has 138 valence electrons. The summed E-state index contributed by atoms with van der Waals surface area (Å²) in [6, 6.07) is 2.68. The van der Waals surface area contributed by atoms with Gasteiger partial charge in [0.25, 0.3) is 0 Å². The SMILES string of the molecule is CCNC(=NCc1sccc1C)NCC(C)N1CCN(C)CC1.I. The van der Waals surface area contributed by atoms with Crippen LogP contribution in [0.15, 0.2) is 16.4 Å². The van der Waals surface area contributed by atoms with E-state index >= 15 is 0 Å². The van der Waals surface area contributed by atoms with Crippen molar-refractivity contribution in [3.63, 3.8) is 0 Å². The number of thiophene rings is 1. The van der Waals surface area contributed by atoms with Crippen molar-refractivity contribution in [3.05, 3.63) is 21.9 Å². The Balaban J connectivity index is 0.00000288. The van der Waals surface area contributed by atoms with Gasteiger partial charge in [0.2, 0.25) is 0 Å². The number of rotatable bonds is 6. The van der Waals surface area contributed by atoms with Gasteiger partial charge in [-0.3, -0.25) is 4.90 Å². The smallest absolute Gasteiger partial charge is 0.191 e. The monoisotopic (exact) mass is 465 g/mol. The minimum Gasteiger partial charge on any atom is -0.357 e. The molecule has 1 atom stereocenters. The molecule has 5 nitrogen and oxygen atoms in total. The minimum absolute atomic E-state index is 0. The number of nitrogens with one attached hydrogen (secondary N) is 2. The van der Waals surface area contributed by atoms with Gasteiger partial charge in [-0.15, -0.1) is 35.3 Å². The number of aryl methyl sites for hydroxylation is 1. The van der Waals surface area contributed by atoms with Crippen LogP contribution >= 0.6 is 35.3 Å². The van der Waals surface area contributed by atoms with E-state index in [4.69, 9.17) is 4.99 Å². The van der Waals surface area contributed by atoms with Crippen LogP contribution in [0.2, 0.25) is 0 Å². The number of likely N-dealkylation sites (N-methyl/N-ethyl adjacent to an activating group) is 1. The molecule has 1 unspecified atom stereocenters. The second-order valence-electron chi connectivity index (χ2n) is 6.29. The average Bonchev–Trinajstić information content (AvgIpc) is 2.95. The summed E-state index contributed by atoms with van der Waals surface area (Å²) in [6.45, 7) is 13.8. The molecule has 1 saturated heterocycles. The third-order valence-corrected chi connectivity index (χ3v) is 5.43. The molecular weight excluding hydrogens is 433 g/mol. The lowest BCUT2D eigenvalue weighted by atomic mass is 10.2. The van der Waals surface area contributed by atoms with Gasteiger partial charge in [0, 0.05) is 50.2 Å². The summed E-state index contributed by atoms with van der Waals surface area (Å²) >= 11 is 1.78. The Morgan fingerprint density at radius 1 is 1.29 bits per heavy atom. The van der Waals surface area contributed by atoms with Crippen molar-refractivity contribution < 1.29 is 0 Å². The lowest BCUT2D eigenvalue weighted by Gasteiger charge is -2.36. The summed E-state index contributed by atoms with van der Waals surface area (Å²) in [5.74, 6) is 0.918. The molecule has 1 aromatic rings. The van der Waals surface area contributed by atoms with Crippen LogP contribution in [0, 0.1) is 6.92 Å². The average molecular weight is 465 g/mol. The highest BCUT2D eigenvalue weighted by Crippen LogP contribution is 2.16.